The predicted octanol–water partition coefficient (Wildman–Crippen LogP) is 3.41. The molecular weight excluding hydrogens is 496 g/mol. The number of halogens is 2. The molecule has 0 bridgehead atoms. The maximum absolute atomic E-state index is 13.5. The summed E-state index contributed by atoms with van der Waals surface area (Å²) in [5.74, 6) is -1.67. The first kappa shape index (κ1) is 27.8. The van der Waals surface area contributed by atoms with Crippen LogP contribution in [0.2, 0.25) is 0 Å². The molecule has 1 saturated heterocycles. The third-order valence-corrected chi connectivity index (χ3v) is 6.66. The maximum atomic E-state index is 13.5. The zero-order chi connectivity index (χ0) is 27.5. The van der Waals surface area contributed by atoms with Crippen LogP contribution < -0.4 is 10.0 Å². The molecule has 200 valence electrons. The fourth-order valence-corrected chi connectivity index (χ4v) is 4.62. The molecule has 0 atom stereocenters. The number of nitrogens with zero attached hydrogens (tertiary/aromatic N) is 2. The minimum absolute atomic E-state index is 0.00705. The zero-order valence-corrected chi connectivity index (χ0v) is 21.5. The number of hydrogen-bond acceptors (Lipinski definition) is 4. The lowest BCUT2D eigenvalue weighted by molar-refractivity contribution is -0.898. The first-order valence-corrected chi connectivity index (χ1v) is 12.9. The van der Waals surface area contributed by atoms with E-state index < -0.39 is 5.97 Å². The van der Waals surface area contributed by atoms with Gasteiger partial charge >= 0.3 is 0 Å². The number of quaternary nitrogens is 1. The van der Waals surface area contributed by atoms with Crippen LogP contribution in [0.25, 0.3) is 6.08 Å². The lowest BCUT2D eigenvalue weighted by Gasteiger charge is -2.37. The minimum atomic E-state index is -1.19. The summed E-state index contributed by atoms with van der Waals surface area (Å²) in [5, 5.41) is 10.0. The van der Waals surface area contributed by atoms with Gasteiger partial charge in [-0.2, -0.15) is 0 Å². The summed E-state index contributed by atoms with van der Waals surface area (Å²) in [6.45, 7) is 4.96. The number of piperazine rings is 1. The van der Waals surface area contributed by atoms with E-state index in [1.165, 1.54) is 48.3 Å². The minimum Gasteiger partial charge on any atom is -0.545 e. The van der Waals surface area contributed by atoms with Crippen LogP contribution in [0, 0.1) is 11.6 Å². The van der Waals surface area contributed by atoms with Gasteiger partial charge in [0.15, 0.2) is 0 Å². The van der Waals surface area contributed by atoms with Crippen LogP contribution in [0.3, 0.4) is 0 Å². The van der Waals surface area contributed by atoms with Crippen molar-refractivity contribution in [1.29, 1.82) is 0 Å². The summed E-state index contributed by atoms with van der Waals surface area (Å²) < 4.78 is 26.9. The summed E-state index contributed by atoms with van der Waals surface area (Å²) in [5.41, 5.74) is 3.41. The van der Waals surface area contributed by atoms with E-state index in [1.54, 1.807) is 11.0 Å². The van der Waals surface area contributed by atoms with Gasteiger partial charge in [-0.3, -0.25) is 9.88 Å². The number of aromatic nitrogens is 1. The van der Waals surface area contributed by atoms with Crippen LogP contribution in [0.5, 0.6) is 0 Å². The van der Waals surface area contributed by atoms with Crippen molar-refractivity contribution in [2.75, 3.05) is 32.7 Å². The summed E-state index contributed by atoms with van der Waals surface area (Å²) >= 11 is 0. The zero-order valence-electron chi connectivity index (χ0n) is 21.5. The molecule has 1 aliphatic heterocycles. The topological polar surface area (TPSA) is 60.7 Å². The molecule has 0 radical (unpaired) electrons. The van der Waals surface area contributed by atoms with Crippen molar-refractivity contribution in [2.45, 2.75) is 6.04 Å². The van der Waals surface area contributed by atoms with Crippen molar-refractivity contribution < 1.29 is 23.6 Å². The van der Waals surface area contributed by atoms with E-state index in [1.807, 2.05) is 30.3 Å². The number of benzene rings is 3. The van der Waals surface area contributed by atoms with E-state index in [9.17, 15) is 18.7 Å². The number of hydrogen-bond donors (Lipinski definition) is 1. The van der Waals surface area contributed by atoms with Crippen LogP contribution in [0.1, 0.15) is 33.1 Å². The van der Waals surface area contributed by atoms with E-state index in [0.29, 0.717) is 0 Å². The molecule has 1 aromatic heterocycles. The molecule has 0 aliphatic carbocycles. The quantitative estimate of drug-likeness (QED) is 0.400. The summed E-state index contributed by atoms with van der Waals surface area (Å²) in [4.78, 5) is 17.6. The van der Waals surface area contributed by atoms with Crippen LogP contribution in [-0.2, 0) is 0 Å². The SMILES string of the molecule is Fc1ccc(C(c2ccc(F)cc2)N2CC[NH+](C/C=C/c3ccccc3)CC2)cc1.O=C([O-])c1cccnc1. The maximum Gasteiger partial charge on any atom is 0.123 e. The van der Waals surface area contributed by atoms with Crippen LogP contribution in [0.4, 0.5) is 8.78 Å². The third kappa shape index (κ3) is 8.40. The van der Waals surface area contributed by atoms with Crippen molar-refractivity contribution in [2.24, 2.45) is 0 Å². The molecule has 39 heavy (non-hydrogen) atoms. The lowest BCUT2D eigenvalue weighted by atomic mass is 9.96. The van der Waals surface area contributed by atoms with Crippen molar-refractivity contribution in [1.82, 2.24) is 9.88 Å². The fourth-order valence-electron chi connectivity index (χ4n) is 4.62. The predicted molar refractivity (Wildman–Crippen MR) is 146 cm³/mol. The Morgan fingerprint density at radius 3 is 1.95 bits per heavy atom. The number of pyridine rings is 1. The highest BCUT2D eigenvalue weighted by molar-refractivity contribution is 5.85. The Morgan fingerprint density at radius 1 is 0.872 bits per heavy atom. The first-order chi connectivity index (χ1) is 19.0. The monoisotopic (exact) mass is 527 g/mol. The highest BCUT2D eigenvalue weighted by Crippen LogP contribution is 2.29. The van der Waals surface area contributed by atoms with Gasteiger partial charge in [-0.05, 0) is 53.1 Å². The number of nitrogens with one attached hydrogen (secondary N) is 1. The Labute approximate surface area is 227 Å². The second-order valence-corrected chi connectivity index (χ2v) is 9.34. The molecule has 5 nitrogen and oxygen atoms in total. The molecule has 1 N–H and O–H groups in total. The van der Waals surface area contributed by atoms with E-state index in [4.69, 9.17) is 0 Å². The molecule has 7 heteroatoms. The molecule has 0 spiro atoms. The second-order valence-electron chi connectivity index (χ2n) is 9.34. The Hall–Kier alpha value is -4.20. The largest absolute Gasteiger partial charge is 0.545 e. The molecule has 0 unspecified atom stereocenters. The molecule has 1 aliphatic rings. The molecule has 1 fully saturated rings. The van der Waals surface area contributed by atoms with Gasteiger partial charge in [0.05, 0.1) is 31.6 Å². The standard InChI is InChI=1S/C26H26F2N2.C6H5NO2/c27-24-12-8-22(9-13-24)26(23-10-14-25(28)15-11-23)30-19-17-29(18-20-30)16-4-7-21-5-2-1-3-6-21;8-6(9)5-2-1-3-7-4-5/h1-15,26H,16-20H2;1-4H,(H,8,9)/b7-4+;. The Kier molecular flexibility index (Phi) is 10.1. The number of carbonyl (C=O) groups is 1. The second kappa shape index (κ2) is 14.1. The molecular formula is C32H31F2N3O2. The Bertz CT molecular complexity index is 1280. The van der Waals surface area contributed by atoms with Gasteiger partial charge in [0.1, 0.15) is 11.6 Å². The van der Waals surface area contributed by atoms with Crippen molar-refractivity contribution in [3.05, 3.63) is 143 Å². The van der Waals surface area contributed by atoms with Gasteiger partial charge in [0, 0.05) is 31.0 Å². The van der Waals surface area contributed by atoms with E-state index in [0.717, 1.165) is 43.9 Å². The summed E-state index contributed by atoms with van der Waals surface area (Å²) in [6, 6.07) is 26.7. The van der Waals surface area contributed by atoms with Gasteiger partial charge in [-0.15, -0.1) is 0 Å². The smallest absolute Gasteiger partial charge is 0.123 e. The van der Waals surface area contributed by atoms with Gasteiger partial charge in [-0.25, -0.2) is 8.78 Å². The summed E-state index contributed by atoms with van der Waals surface area (Å²) in [6.07, 6.45) is 7.18. The molecule has 5 rings (SSSR count). The number of carbonyl (C=O) groups excluding carboxylic acids is 1. The van der Waals surface area contributed by atoms with Gasteiger partial charge in [-0.1, -0.05) is 66.7 Å². The van der Waals surface area contributed by atoms with Gasteiger partial charge in [0.25, 0.3) is 0 Å². The molecule has 2 heterocycles. The van der Waals surface area contributed by atoms with Gasteiger partial charge < -0.3 is 14.8 Å². The average Bonchev–Trinajstić information content (AvgIpc) is 2.97. The van der Waals surface area contributed by atoms with Crippen molar-refractivity contribution in [3.63, 3.8) is 0 Å². The average molecular weight is 528 g/mol. The van der Waals surface area contributed by atoms with E-state index >= 15 is 0 Å². The summed E-state index contributed by atoms with van der Waals surface area (Å²) in [7, 11) is 0. The highest BCUT2D eigenvalue weighted by atomic mass is 19.1. The normalized spacial score (nSPS) is 14.2. The van der Waals surface area contributed by atoms with Crippen LogP contribution >= 0.6 is 0 Å². The number of carboxylic acid groups (broad SMARTS) is 1. The van der Waals surface area contributed by atoms with E-state index in [2.05, 4.69) is 46.3 Å². The number of aromatic carboxylic acids is 1. The molecule has 4 aromatic rings. The number of carboxylic acids is 1. The Balaban J connectivity index is 0.000000333. The van der Waals surface area contributed by atoms with E-state index in [-0.39, 0.29) is 23.2 Å². The van der Waals surface area contributed by atoms with Crippen molar-refractivity contribution >= 4 is 12.0 Å². The molecule has 3 aromatic carbocycles. The van der Waals surface area contributed by atoms with Crippen LogP contribution in [0.15, 0.2) is 109 Å². The third-order valence-electron chi connectivity index (χ3n) is 6.66. The number of rotatable bonds is 7. The fraction of sp³-hybridized carbons (Fsp3) is 0.188. The molecule has 0 amide bonds. The Morgan fingerprint density at radius 2 is 1.46 bits per heavy atom. The molecule has 0 saturated carbocycles. The van der Waals surface area contributed by atoms with Gasteiger partial charge in [0.2, 0.25) is 0 Å². The van der Waals surface area contributed by atoms with Crippen LogP contribution in [-0.4, -0.2) is 48.6 Å². The lowest BCUT2D eigenvalue weighted by Crippen LogP contribution is -3.14. The van der Waals surface area contributed by atoms with Crippen molar-refractivity contribution in [3.8, 4) is 0 Å². The first-order valence-electron chi connectivity index (χ1n) is 12.9. The highest BCUT2D eigenvalue weighted by Gasteiger charge is 2.28.